The highest BCUT2D eigenvalue weighted by atomic mass is 16.5. The summed E-state index contributed by atoms with van der Waals surface area (Å²) in [6.07, 6.45) is -0.510. The monoisotopic (exact) mass is 281 g/mol. The highest BCUT2D eigenvalue weighted by molar-refractivity contribution is 5.88. The molecular formula is C15H25N2O3+. The number of ether oxygens (including phenoxy) is 1. The summed E-state index contributed by atoms with van der Waals surface area (Å²) in [5.41, 5.74) is 0.826. The molecule has 0 saturated heterocycles. The number of hydrogen-bond acceptors (Lipinski definition) is 3. The minimum atomic E-state index is -0.510. The van der Waals surface area contributed by atoms with Crippen LogP contribution in [-0.2, 0) is 4.79 Å². The van der Waals surface area contributed by atoms with E-state index in [1.807, 2.05) is 0 Å². The molecule has 1 rings (SSSR count). The first-order chi connectivity index (χ1) is 9.26. The van der Waals surface area contributed by atoms with Gasteiger partial charge in [0.15, 0.2) is 0 Å². The summed E-state index contributed by atoms with van der Waals surface area (Å²) in [5.74, 6) is 0.570. The van der Waals surface area contributed by atoms with Crippen molar-refractivity contribution in [2.75, 3.05) is 18.5 Å². The van der Waals surface area contributed by atoms with Crippen molar-refractivity contribution >= 4 is 11.6 Å². The number of nitrogens with one attached hydrogen (secondary N) is 1. The number of quaternary nitrogens is 1. The van der Waals surface area contributed by atoms with E-state index in [9.17, 15) is 9.90 Å². The van der Waals surface area contributed by atoms with Gasteiger partial charge in [0.1, 0.15) is 25.0 Å². The van der Waals surface area contributed by atoms with E-state index >= 15 is 0 Å². The highest BCUT2D eigenvalue weighted by Crippen LogP contribution is 2.15. The van der Waals surface area contributed by atoms with Crippen LogP contribution in [0.25, 0.3) is 0 Å². The fraction of sp³-hybridized carbons (Fsp3) is 0.533. The third-order valence-electron chi connectivity index (χ3n) is 2.62. The normalized spacial score (nSPS) is 12.8. The first-order valence-corrected chi connectivity index (χ1v) is 6.79. The Morgan fingerprint density at radius 1 is 1.35 bits per heavy atom. The van der Waals surface area contributed by atoms with Gasteiger partial charge < -0.3 is 20.5 Å². The fourth-order valence-corrected chi connectivity index (χ4v) is 1.59. The van der Waals surface area contributed by atoms with Crippen molar-refractivity contribution in [3.8, 4) is 5.75 Å². The van der Waals surface area contributed by atoms with E-state index in [-0.39, 0.29) is 18.1 Å². The van der Waals surface area contributed by atoms with Crippen molar-refractivity contribution in [3.05, 3.63) is 24.3 Å². The number of anilines is 1. The zero-order valence-electron chi connectivity index (χ0n) is 12.6. The van der Waals surface area contributed by atoms with Crippen molar-refractivity contribution in [3.63, 3.8) is 0 Å². The number of carbonyl (C=O) groups excluding carboxylic acids is 1. The first-order valence-electron chi connectivity index (χ1n) is 6.79. The maximum atomic E-state index is 10.9. The molecular weight excluding hydrogens is 256 g/mol. The summed E-state index contributed by atoms with van der Waals surface area (Å²) >= 11 is 0. The lowest BCUT2D eigenvalue weighted by atomic mass is 10.1. The molecule has 1 amide bonds. The smallest absolute Gasteiger partial charge is 0.221 e. The molecule has 0 unspecified atom stereocenters. The first kappa shape index (κ1) is 16.5. The molecule has 0 heterocycles. The molecule has 5 nitrogen and oxygen atoms in total. The van der Waals surface area contributed by atoms with Gasteiger partial charge in [-0.05, 0) is 45.0 Å². The largest absolute Gasteiger partial charge is 0.491 e. The molecule has 0 bridgehead atoms. The summed E-state index contributed by atoms with van der Waals surface area (Å²) in [6, 6.07) is 7.08. The molecule has 1 atom stereocenters. The number of amides is 1. The molecule has 0 radical (unpaired) electrons. The minimum absolute atomic E-state index is 0.0982. The van der Waals surface area contributed by atoms with Gasteiger partial charge in [-0.1, -0.05) is 0 Å². The Kier molecular flexibility index (Phi) is 5.98. The van der Waals surface area contributed by atoms with Crippen LogP contribution in [0.1, 0.15) is 27.7 Å². The van der Waals surface area contributed by atoms with Crippen LogP contribution < -0.4 is 15.4 Å². The number of carbonyl (C=O) groups is 1. The van der Waals surface area contributed by atoms with Gasteiger partial charge in [-0.25, -0.2) is 0 Å². The molecule has 0 aliphatic carbocycles. The third-order valence-corrected chi connectivity index (χ3v) is 2.62. The molecule has 112 valence electrons. The number of benzene rings is 1. The van der Waals surface area contributed by atoms with E-state index in [2.05, 4.69) is 31.4 Å². The van der Waals surface area contributed by atoms with Crippen LogP contribution in [0.2, 0.25) is 0 Å². The van der Waals surface area contributed by atoms with Gasteiger partial charge in [-0.3, -0.25) is 4.79 Å². The van der Waals surface area contributed by atoms with Crippen LogP contribution in [-0.4, -0.2) is 35.8 Å². The lowest BCUT2D eigenvalue weighted by Crippen LogP contribution is -2.96. The van der Waals surface area contributed by atoms with Gasteiger partial charge in [0.05, 0.1) is 5.54 Å². The molecule has 20 heavy (non-hydrogen) atoms. The number of aliphatic hydroxyl groups is 1. The standard InChI is InChI=1S/C15H24N2O3/c1-11(18)17-12-5-7-14(8-6-12)20-10-13(19)9-16-15(2,3)4/h5-8,13,16,19H,9-10H2,1-4H3,(H,17,18)/p+1/t13-/m1/s1. The Hall–Kier alpha value is -1.59. The fourth-order valence-electron chi connectivity index (χ4n) is 1.59. The van der Waals surface area contributed by atoms with E-state index < -0.39 is 6.10 Å². The van der Waals surface area contributed by atoms with E-state index in [1.54, 1.807) is 24.3 Å². The Morgan fingerprint density at radius 3 is 2.45 bits per heavy atom. The summed E-state index contributed by atoms with van der Waals surface area (Å²) in [7, 11) is 0. The molecule has 1 aromatic carbocycles. The number of nitrogens with two attached hydrogens (primary N) is 1. The predicted molar refractivity (Wildman–Crippen MR) is 78.8 cm³/mol. The maximum Gasteiger partial charge on any atom is 0.221 e. The highest BCUT2D eigenvalue weighted by Gasteiger charge is 2.16. The van der Waals surface area contributed by atoms with Crippen LogP contribution in [0.15, 0.2) is 24.3 Å². The summed E-state index contributed by atoms with van der Waals surface area (Å²) in [4.78, 5) is 10.9. The van der Waals surface area contributed by atoms with Crippen molar-refractivity contribution in [2.45, 2.75) is 39.3 Å². The van der Waals surface area contributed by atoms with Crippen LogP contribution in [0.5, 0.6) is 5.75 Å². The zero-order valence-corrected chi connectivity index (χ0v) is 12.6. The third kappa shape index (κ3) is 7.11. The van der Waals surface area contributed by atoms with E-state index in [0.29, 0.717) is 12.3 Å². The summed E-state index contributed by atoms with van der Waals surface area (Å²) in [6.45, 7) is 8.62. The van der Waals surface area contributed by atoms with Crippen molar-refractivity contribution in [1.82, 2.24) is 0 Å². The van der Waals surface area contributed by atoms with Crippen molar-refractivity contribution < 1.29 is 20.0 Å². The lowest BCUT2D eigenvalue weighted by molar-refractivity contribution is -0.722. The van der Waals surface area contributed by atoms with Gasteiger partial charge in [0.2, 0.25) is 5.91 Å². The molecule has 0 aromatic heterocycles. The average Bonchev–Trinajstić information content (AvgIpc) is 2.34. The lowest BCUT2D eigenvalue weighted by Gasteiger charge is -2.19. The topological polar surface area (TPSA) is 75.2 Å². The summed E-state index contributed by atoms with van der Waals surface area (Å²) in [5, 5.41) is 14.6. The van der Waals surface area contributed by atoms with Gasteiger partial charge >= 0.3 is 0 Å². The molecule has 1 aromatic rings. The number of hydrogen-bond donors (Lipinski definition) is 3. The van der Waals surface area contributed by atoms with E-state index in [1.165, 1.54) is 6.92 Å². The second-order valence-corrected chi connectivity index (χ2v) is 5.98. The SMILES string of the molecule is CC(=O)Nc1ccc(OC[C@H](O)C[NH2+]C(C)(C)C)cc1. The molecule has 0 spiro atoms. The molecule has 0 fully saturated rings. The molecule has 0 aliphatic rings. The second-order valence-electron chi connectivity index (χ2n) is 5.98. The second kappa shape index (κ2) is 7.26. The van der Waals surface area contributed by atoms with E-state index in [0.717, 1.165) is 5.69 Å². The van der Waals surface area contributed by atoms with E-state index in [4.69, 9.17) is 4.74 Å². The number of rotatable bonds is 6. The van der Waals surface area contributed by atoms with Crippen LogP contribution in [0, 0.1) is 0 Å². The van der Waals surface area contributed by atoms with Crippen molar-refractivity contribution in [1.29, 1.82) is 0 Å². The van der Waals surface area contributed by atoms with Crippen LogP contribution in [0.3, 0.4) is 0 Å². The minimum Gasteiger partial charge on any atom is -0.491 e. The molecule has 0 saturated carbocycles. The Labute approximate surface area is 120 Å². The Bertz CT molecular complexity index is 424. The van der Waals surface area contributed by atoms with Gasteiger partial charge in [0, 0.05) is 12.6 Å². The summed E-state index contributed by atoms with van der Waals surface area (Å²) < 4.78 is 5.51. The predicted octanol–water partition coefficient (Wildman–Crippen LogP) is 0.747. The van der Waals surface area contributed by atoms with Crippen molar-refractivity contribution in [2.24, 2.45) is 0 Å². The molecule has 0 aliphatic heterocycles. The Balaban J connectivity index is 2.36. The molecule has 4 N–H and O–H groups in total. The zero-order chi connectivity index (χ0) is 15.2. The van der Waals surface area contributed by atoms with Crippen LogP contribution >= 0.6 is 0 Å². The quantitative estimate of drug-likeness (QED) is 0.720. The molecule has 5 heteroatoms. The van der Waals surface area contributed by atoms with Gasteiger partial charge in [-0.2, -0.15) is 0 Å². The van der Waals surface area contributed by atoms with Gasteiger partial charge in [-0.15, -0.1) is 0 Å². The van der Waals surface area contributed by atoms with Gasteiger partial charge in [0.25, 0.3) is 0 Å². The Morgan fingerprint density at radius 2 is 1.95 bits per heavy atom. The van der Waals surface area contributed by atoms with Crippen LogP contribution in [0.4, 0.5) is 5.69 Å². The maximum absolute atomic E-state index is 10.9. The number of aliphatic hydroxyl groups excluding tert-OH is 1. The average molecular weight is 281 g/mol.